The first-order valence-corrected chi connectivity index (χ1v) is 9.56. The normalized spacial score (nSPS) is 11.9. The molecular weight excluding hydrogens is 368 g/mol. The summed E-state index contributed by atoms with van der Waals surface area (Å²) in [4.78, 5) is 15.4. The second kappa shape index (κ2) is 6.58. The average molecular weight is 387 g/mol. The number of hydrogen-bond acceptors (Lipinski definition) is 4. The number of halogens is 1. The summed E-state index contributed by atoms with van der Waals surface area (Å²) >= 11 is 7.76. The summed E-state index contributed by atoms with van der Waals surface area (Å²) in [7, 11) is 5.73. The van der Waals surface area contributed by atoms with Gasteiger partial charge in [-0.05, 0) is 50.5 Å². The van der Waals surface area contributed by atoms with Crippen LogP contribution >= 0.6 is 22.9 Å². The molecule has 0 atom stereocenters. The molecule has 0 fully saturated rings. The van der Waals surface area contributed by atoms with Gasteiger partial charge in [0.05, 0.1) is 17.3 Å². The van der Waals surface area contributed by atoms with E-state index in [9.17, 15) is 4.79 Å². The zero-order valence-corrected chi connectivity index (χ0v) is 16.4. The number of benzene rings is 2. The first-order chi connectivity index (χ1) is 12.5. The molecule has 0 saturated carbocycles. The Morgan fingerprint density at radius 1 is 1.15 bits per heavy atom. The molecule has 0 bridgehead atoms. The first-order valence-electron chi connectivity index (χ1n) is 8.36. The Kier molecular flexibility index (Phi) is 4.39. The molecule has 0 aliphatic carbocycles. The van der Waals surface area contributed by atoms with Crippen molar-refractivity contribution < 1.29 is 4.74 Å². The SMILES string of the molecule is COc1ccc2c(c1)c1sc3cc(Cl)ccc3c(=O)c1n2CCN(C)C. The molecule has 0 unspecified atom stereocenters. The Labute approximate surface area is 160 Å². The van der Waals surface area contributed by atoms with E-state index in [1.807, 2.05) is 44.4 Å². The predicted octanol–water partition coefficient (Wildman–Crippen LogP) is 4.59. The smallest absolute Gasteiger partial charge is 0.212 e. The van der Waals surface area contributed by atoms with E-state index in [1.165, 1.54) is 0 Å². The molecular formula is C20H19ClN2O2S. The minimum atomic E-state index is 0.0549. The fourth-order valence-electron chi connectivity index (χ4n) is 3.30. The molecule has 0 spiro atoms. The third-order valence-corrected chi connectivity index (χ3v) is 6.02. The van der Waals surface area contributed by atoms with Crippen LogP contribution in [0.5, 0.6) is 5.75 Å². The maximum Gasteiger partial charge on any atom is 0.212 e. The Hall–Kier alpha value is -2.08. The maximum absolute atomic E-state index is 13.3. The molecule has 6 heteroatoms. The van der Waals surface area contributed by atoms with Gasteiger partial charge in [-0.15, -0.1) is 11.3 Å². The predicted molar refractivity (Wildman–Crippen MR) is 111 cm³/mol. The summed E-state index contributed by atoms with van der Waals surface area (Å²) in [5, 5.41) is 2.40. The number of aromatic nitrogens is 1. The van der Waals surface area contributed by atoms with E-state index in [2.05, 4.69) is 9.47 Å². The molecule has 134 valence electrons. The van der Waals surface area contributed by atoms with Crippen molar-refractivity contribution in [1.82, 2.24) is 9.47 Å². The highest BCUT2D eigenvalue weighted by Gasteiger charge is 2.17. The van der Waals surface area contributed by atoms with Gasteiger partial charge in [0, 0.05) is 33.6 Å². The van der Waals surface area contributed by atoms with Crippen LogP contribution in [0.2, 0.25) is 5.02 Å². The molecule has 2 aromatic carbocycles. The van der Waals surface area contributed by atoms with E-state index in [0.717, 1.165) is 44.7 Å². The van der Waals surface area contributed by atoms with Gasteiger partial charge >= 0.3 is 0 Å². The van der Waals surface area contributed by atoms with Gasteiger partial charge in [0.25, 0.3) is 0 Å². The average Bonchev–Trinajstić information content (AvgIpc) is 2.93. The van der Waals surface area contributed by atoms with Crippen molar-refractivity contribution in [2.24, 2.45) is 0 Å². The lowest BCUT2D eigenvalue weighted by atomic mass is 10.2. The Morgan fingerprint density at radius 2 is 1.96 bits per heavy atom. The summed E-state index contributed by atoms with van der Waals surface area (Å²) in [6.07, 6.45) is 0. The van der Waals surface area contributed by atoms with Crippen LogP contribution in [0.4, 0.5) is 0 Å². The van der Waals surface area contributed by atoms with Crippen LogP contribution in [-0.4, -0.2) is 37.2 Å². The fourth-order valence-corrected chi connectivity index (χ4v) is 4.78. The van der Waals surface area contributed by atoms with Gasteiger partial charge in [0.2, 0.25) is 5.43 Å². The molecule has 4 nitrogen and oxygen atoms in total. The molecule has 0 amide bonds. The van der Waals surface area contributed by atoms with Gasteiger partial charge in [-0.3, -0.25) is 4.79 Å². The maximum atomic E-state index is 13.3. The highest BCUT2D eigenvalue weighted by atomic mass is 35.5. The monoisotopic (exact) mass is 386 g/mol. The number of methoxy groups -OCH3 is 1. The summed E-state index contributed by atoms with van der Waals surface area (Å²) < 4.78 is 9.43. The molecule has 0 radical (unpaired) electrons. The standard InChI is InChI=1S/C20H19ClN2O2S/c1-22(2)8-9-23-16-7-5-13(25-3)11-15(16)20-18(23)19(24)14-6-4-12(21)10-17(14)26-20/h4-7,10-11H,8-9H2,1-3H3. The van der Waals surface area contributed by atoms with Crippen LogP contribution in [0, 0.1) is 0 Å². The molecule has 0 aliphatic heterocycles. The van der Waals surface area contributed by atoms with E-state index in [1.54, 1.807) is 24.5 Å². The lowest BCUT2D eigenvalue weighted by Crippen LogP contribution is -2.19. The van der Waals surface area contributed by atoms with Crippen molar-refractivity contribution in [1.29, 1.82) is 0 Å². The quantitative estimate of drug-likeness (QED) is 0.514. The van der Waals surface area contributed by atoms with Crippen molar-refractivity contribution in [2.75, 3.05) is 27.7 Å². The number of hydrogen-bond donors (Lipinski definition) is 0. The molecule has 0 N–H and O–H groups in total. The second-order valence-corrected chi connectivity index (χ2v) is 8.08. The number of fused-ring (bicyclic) bond motifs is 4. The summed E-state index contributed by atoms with van der Waals surface area (Å²) in [6.45, 7) is 1.61. The molecule has 0 aliphatic rings. The van der Waals surface area contributed by atoms with Gasteiger partial charge in [0.1, 0.15) is 11.3 Å². The topological polar surface area (TPSA) is 34.5 Å². The van der Waals surface area contributed by atoms with Crippen molar-refractivity contribution in [2.45, 2.75) is 6.54 Å². The fraction of sp³-hybridized carbons (Fsp3) is 0.250. The van der Waals surface area contributed by atoms with Crippen molar-refractivity contribution in [3.8, 4) is 5.75 Å². The lowest BCUT2D eigenvalue weighted by molar-refractivity contribution is 0.389. The first kappa shape index (κ1) is 17.3. The summed E-state index contributed by atoms with van der Waals surface area (Å²) in [5.41, 5.74) is 1.87. The molecule has 2 aromatic heterocycles. The minimum absolute atomic E-state index is 0.0549. The Balaban J connectivity index is 2.14. The summed E-state index contributed by atoms with van der Waals surface area (Å²) in [5.74, 6) is 0.787. The number of rotatable bonds is 4. The molecule has 4 aromatic rings. The van der Waals surface area contributed by atoms with E-state index in [4.69, 9.17) is 16.3 Å². The number of nitrogens with zero attached hydrogens (tertiary/aromatic N) is 2. The zero-order chi connectivity index (χ0) is 18.4. The van der Waals surface area contributed by atoms with Gasteiger partial charge < -0.3 is 14.2 Å². The largest absolute Gasteiger partial charge is 0.497 e. The number of ether oxygens (including phenoxy) is 1. The van der Waals surface area contributed by atoms with E-state index in [-0.39, 0.29) is 5.43 Å². The van der Waals surface area contributed by atoms with Crippen molar-refractivity contribution in [3.63, 3.8) is 0 Å². The lowest BCUT2D eigenvalue weighted by Gasteiger charge is -2.12. The van der Waals surface area contributed by atoms with Crippen LogP contribution in [0.3, 0.4) is 0 Å². The third-order valence-electron chi connectivity index (χ3n) is 4.61. The van der Waals surface area contributed by atoms with Crippen LogP contribution < -0.4 is 10.2 Å². The van der Waals surface area contributed by atoms with E-state index < -0.39 is 0 Å². The number of likely N-dealkylation sites (N-methyl/N-ethyl adjacent to an activating group) is 1. The van der Waals surface area contributed by atoms with E-state index >= 15 is 0 Å². The zero-order valence-electron chi connectivity index (χ0n) is 14.9. The molecule has 26 heavy (non-hydrogen) atoms. The van der Waals surface area contributed by atoms with E-state index in [0.29, 0.717) is 10.4 Å². The van der Waals surface area contributed by atoms with Gasteiger partial charge in [-0.2, -0.15) is 0 Å². The highest BCUT2D eigenvalue weighted by Crippen LogP contribution is 2.36. The third kappa shape index (κ3) is 2.76. The molecule has 0 saturated heterocycles. The van der Waals surface area contributed by atoms with Gasteiger partial charge in [0.15, 0.2) is 0 Å². The van der Waals surface area contributed by atoms with Crippen LogP contribution in [0.25, 0.3) is 31.2 Å². The van der Waals surface area contributed by atoms with Crippen LogP contribution in [-0.2, 0) is 6.54 Å². The van der Waals surface area contributed by atoms with Crippen molar-refractivity contribution in [3.05, 3.63) is 51.6 Å². The summed E-state index contributed by atoms with van der Waals surface area (Å²) in [6, 6.07) is 11.5. The van der Waals surface area contributed by atoms with Crippen molar-refractivity contribution >= 4 is 54.1 Å². The molecule has 2 heterocycles. The second-order valence-electron chi connectivity index (χ2n) is 6.59. The van der Waals surface area contributed by atoms with Crippen LogP contribution in [0.1, 0.15) is 0 Å². The van der Waals surface area contributed by atoms with Gasteiger partial charge in [-0.25, -0.2) is 0 Å². The Bertz CT molecular complexity index is 1190. The van der Waals surface area contributed by atoms with Gasteiger partial charge in [-0.1, -0.05) is 11.6 Å². The highest BCUT2D eigenvalue weighted by molar-refractivity contribution is 7.25. The van der Waals surface area contributed by atoms with Crippen LogP contribution in [0.15, 0.2) is 41.2 Å². The molecule has 4 rings (SSSR count). The minimum Gasteiger partial charge on any atom is -0.497 e. The Morgan fingerprint density at radius 3 is 2.69 bits per heavy atom.